The van der Waals surface area contributed by atoms with Crippen molar-refractivity contribution in [1.82, 2.24) is 0 Å². The monoisotopic (exact) mass is 354 g/mol. The van der Waals surface area contributed by atoms with Gasteiger partial charge in [-0.25, -0.2) is 0 Å². The summed E-state index contributed by atoms with van der Waals surface area (Å²) in [5, 5.41) is 44.7. The van der Waals surface area contributed by atoms with E-state index in [1.165, 1.54) is 18.2 Å². The summed E-state index contributed by atoms with van der Waals surface area (Å²) in [7, 11) is 0. The van der Waals surface area contributed by atoms with Crippen molar-refractivity contribution in [1.29, 1.82) is 0 Å². The third-order valence-corrected chi connectivity index (χ3v) is 4.17. The van der Waals surface area contributed by atoms with Gasteiger partial charge in [-0.05, 0) is 47.5 Å². The molecule has 0 radical (unpaired) electrons. The van der Waals surface area contributed by atoms with Crippen LogP contribution in [-0.4, -0.2) is 25.5 Å². The van der Waals surface area contributed by atoms with E-state index in [4.69, 9.17) is 15.3 Å². The van der Waals surface area contributed by atoms with Crippen LogP contribution in [-0.2, 0) is 5.41 Å². The molecule has 0 unspecified atom stereocenters. The molecule has 0 spiro atoms. The van der Waals surface area contributed by atoms with Gasteiger partial charge in [-0.3, -0.25) is 0 Å². The lowest BCUT2D eigenvalue weighted by atomic mass is 9.78. The molecule has 0 atom stereocenters. The van der Waals surface area contributed by atoms with Gasteiger partial charge >= 0.3 is 0 Å². The van der Waals surface area contributed by atoms with E-state index in [0.29, 0.717) is 0 Å². The molecule has 5 nitrogen and oxygen atoms in total. The first-order valence-corrected chi connectivity index (χ1v) is 8.00. The Kier molecular flexibility index (Phi) is 5.62. The fourth-order valence-corrected chi connectivity index (χ4v) is 2.44. The van der Waals surface area contributed by atoms with Crippen molar-refractivity contribution in [2.75, 3.05) is 0 Å². The van der Waals surface area contributed by atoms with Gasteiger partial charge in [-0.2, -0.15) is 0 Å². The van der Waals surface area contributed by atoms with Crippen molar-refractivity contribution < 1.29 is 25.5 Å². The summed E-state index contributed by atoms with van der Waals surface area (Å²) in [4.78, 5) is 0. The van der Waals surface area contributed by atoms with E-state index in [9.17, 15) is 10.2 Å². The number of aromatic hydroxyl groups is 5. The number of hydrogen-bond acceptors (Lipinski definition) is 5. The van der Waals surface area contributed by atoms with Crippen LogP contribution in [0.4, 0.5) is 0 Å². The molecule has 3 aromatic carbocycles. The van der Waals surface area contributed by atoms with Crippen molar-refractivity contribution in [3.05, 3.63) is 77.9 Å². The van der Waals surface area contributed by atoms with E-state index >= 15 is 0 Å². The first-order chi connectivity index (χ1) is 12.2. The second-order valence-electron chi connectivity index (χ2n) is 6.36. The van der Waals surface area contributed by atoms with E-state index in [2.05, 4.69) is 13.8 Å². The third kappa shape index (κ3) is 4.39. The SMILES string of the molecule is CC(C)(c1ccc(O)cc1)c1ccc(O)cc1.Oc1cccc(O)c1O. The predicted octanol–water partition coefficient (Wildman–Crippen LogP) is 4.23. The minimum Gasteiger partial charge on any atom is -0.508 e. The normalized spacial score (nSPS) is 10.7. The molecule has 0 aliphatic rings. The van der Waals surface area contributed by atoms with E-state index in [1.54, 1.807) is 24.3 Å². The van der Waals surface area contributed by atoms with Crippen LogP contribution >= 0.6 is 0 Å². The Balaban J connectivity index is 0.000000228. The Bertz CT molecular complexity index is 785. The average molecular weight is 354 g/mol. The molecule has 5 N–H and O–H groups in total. The molecular formula is C21H22O5. The number of phenols is 5. The van der Waals surface area contributed by atoms with Crippen LogP contribution in [0.3, 0.4) is 0 Å². The van der Waals surface area contributed by atoms with Gasteiger partial charge in [0.05, 0.1) is 0 Å². The average Bonchev–Trinajstić information content (AvgIpc) is 2.61. The maximum atomic E-state index is 9.30. The number of rotatable bonds is 2. The minimum atomic E-state index is -0.475. The van der Waals surface area contributed by atoms with Gasteiger partial charge < -0.3 is 25.5 Å². The molecule has 3 aromatic rings. The number of phenolic OH excluding ortho intramolecular Hbond substituents is 5. The summed E-state index contributed by atoms with van der Waals surface area (Å²) in [5.41, 5.74) is 2.10. The molecule has 0 aliphatic carbocycles. The van der Waals surface area contributed by atoms with Gasteiger partial charge in [0, 0.05) is 5.41 Å². The van der Waals surface area contributed by atoms with Gasteiger partial charge in [0.15, 0.2) is 17.2 Å². The van der Waals surface area contributed by atoms with Gasteiger partial charge in [-0.1, -0.05) is 44.2 Å². The van der Waals surface area contributed by atoms with E-state index in [-0.39, 0.29) is 28.4 Å². The van der Waals surface area contributed by atoms with Crippen LogP contribution in [0.25, 0.3) is 0 Å². The van der Waals surface area contributed by atoms with Crippen molar-refractivity contribution in [3.63, 3.8) is 0 Å². The van der Waals surface area contributed by atoms with Gasteiger partial charge in [0.1, 0.15) is 11.5 Å². The smallest absolute Gasteiger partial charge is 0.200 e. The molecular weight excluding hydrogens is 332 g/mol. The van der Waals surface area contributed by atoms with Crippen LogP contribution < -0.4 is 0 Å². The quantitative estimate of drug-likeness (QED) is 0.443. The Morgan fingerprint density at radius 1 is 0.538 bits per heavy atom. The highest BCUT2D eigenvalue weighted by molar-refractivity contribution is 5.47. The standard InChI is InChI=1S/C15H16O2.C6H6O3/c1-15(2,11-3-7-13(16)8-4-11)12-5-9-14(17)10-6-12;7-4-2-1-3-5(8)6(4)9/h3-10,16-17H,1-2H3;1-3,7-9H. The van der Waals surface area contributed by atoms with Crippen molar-refractivity contribution >= 4 is 0 Å². The summed E-state index contributed by atoms with van der Waals surface area (Å²) in [6, 6.07) is 18.5. The third-order valence-electron chi connectivity index (χ3n) is 4.17. The Labute approximate surface area is 152 Å². The fraction of sp³-hybridized carbons (Fsp3) is 0.143. The molecule has 0 amide bonds. The van der Waals surface area contributed by atoms with Gasteiger partial charge in [0.2, 0.25) is 0 Å². The van der Waals surface area contributed by atoms with Gasteiger partial charge in [0.25, 0.3) is 0 Å². The van der Waals surface area contributed by atoms with E-state index in [0.717, 1.165) is 11.1 Å². The molecule has 0 saturated carbocycles. The Morgan fingerprint density at radius 2 is 0.885 bits per heavy atom. The zero-order valence-electron chi connectivity index (χ0n) is 14.6. The van der Waals surface area contributed by atoms with Crippen molar-refractivity contribution in [2.45, 2.75) is 19.3 Å². The lowest BCUT2D eigenvalue weighted by molar-refractivity contribution is 0.368. The zero-order valence-corrected chi connectivity index (χ0v) is 14.6. The van der Waals surface area contributed by atoms with Crippen LogP contribution in [0, 0.1) is 0 Å². The predicted molar refractivity (Wildman–Crippen MR) is 99.8 cm³/mol. The molecule has 0 bridgehead atoms. The summed E-state index contributed by atoms with van der Waals surface area (Å²) >= 11 is 0. The second-order valence-corrected chi connectivity index (χ2v) is 6.36. The highest BCUT2D eigenvalue weighted by Gasteiger charge is 2.22. The van der Waals surface area contributed by atoms with Crippen LogP contribution in [0.2, 0.25) is 0 Å². The summed E-state index contributed by atoms with van der Waals surface area (Å²) in [5.74, 6) is -0.548. The summed E-state index contributed by atoms with van der Waals surface area (Å²) in [6.07, 6.45) is 0. The van der Waals surface area contributed by atoms with Crippen LogP contribution in [0.1, 0.15) is 25.0 Å². The number of benzene rings is 3. The highest BCUT2D eigenvalue weighted by atomic mass is 16.3. The van der Waals surface area contributed by atoms with Gasteiger partial charge in [-0.15, -0.1) is 0 Å². The molecule has 26 heavy (non-hydrogen) atoms. The molecule has 0 aliphatic heterocycles. The largest absolute Gasteiger partial charge is 0.508 e. The van der Waals surface area contributed by atoms with Crippen molar-refractivity contribution in [3.8, 4) is 28.7 Å². The maximum Gasteiger partial charge on any atom is 0.200 e. The summed E-state index contributed by atoms with van der Waals surface area (Å²) in [6.45, 7) is 4.23. The summed E-state index contributed by atoms with van der Waals surface area (Å²) < 4.78 is 0. The molecule has 0 saturated heterocycles. The number of para-hydroxylation sites is 1. The molecule has 3 rings (SSSR count). The lowest BCUT2D eigenvalue weighted by Crippen LogP contribution is -2.18. The number of hydrogen-bond donors (Lipinski definition) is 5. The maximum absolute atomic E-state index is 9.30. The van der Waals surface area contributed by atoms with Crippen LogP contribution in [0.15, 0.2) is 66.7 Å². The molecule has 0 heterocycles. The first-order valence-electron chi connectivity index (χ1n) is 8.00. The van der Waals surface area contributed by atoms with E-state index in [1.807, 2.05) is 24.3 Å². The van der Waals surface area contributed by atoms with Crippen LogP contribution in [0.5, 0.6) is 28.7 Å². The highest BCUT2D eigenvalue weighted by Crippen LogP contribution is 2.33. The molecule has 0 aromatic heterocycles. The fourth-order valence-electron chi connectivity index (χ4n) is 2.44. The zero-order chi connectivity index (χ0) is 19.3. The Morgan fingerprint density at radius 3 is 1.19 bits per heavy atom. The second kappa shape index (κ2) is 7.70. The Hall–Kier alpha value is -3.34. The topological polar surface area (TPSA) is 101 Å². The molecule has 5 heteroatoms. The first kappa shape index (κ1) is 19.0. The molecule has 0 fully saturated rings. The van der Waals surface area contributed by atoms with E-state index < -0.39 is 5.75 Å². The minimum absolute atomic E-state index is 0.151. The van der Waals surface area contributed by atoms with Crippen molar-refractivity contribution in [2.24, 2.45) is 0 Å². The molecule has 136 valence electrons. The lowest BCUT2D eigenvalue weighted by Gasteiger charge is -2.26.